The molecule has 1 N–H and O–H groups in total. The van der Waals surface area contributed by atoms with Crippen LogP contribution in [0, 0.1) is 10.1 Å². The summed E-state index contributed by atoms with van der Waals surface area (Å²) in [7, 11) is 0. The predicted octanol–water partition coefficient (Wildman–Crippen LogP) is 4.32. The highest BCUT2D eigenvalue weighted by Gasteiger charge is 2.30. The van der Waals surface area contributed by atoms with E-state index in [2.05, 4.69) is 0 Å². The molecule has 26 heavy (non-hydrogen) atoms. The lowest BCUT2D eigenvalue weighted by Crippen LogP contribution is -2.35. The van der Waals surface area contributed by atoms with Gasteiger partial charge in [0, 0.05) is 24.7 Å². The molecule has 2 aromatic rings. The first-order chi connectivity index (χ1) is 12.2. The van der Waals surface area contributed by atoms with Crippen LogP contribution in [0.4, 0.5) is 23.7 Å². The lowest BCUT2D eigenvalue weighted by Gasteiger charge is -2.26. The summed E-state index contributed by atoms with van der Waals surface area (Å²) >= 11 is 0. The molecule has 0 unspecified atom stereocenters. The van der Waals surface area contributed by atoms with Gasteiger partial charge in [-0.1, -0.05) is 12.1 Å². The molecule has 1 aliphatic rings. The number of nitro benzene ring substituents is 1. The first kappa shape index (κ1) is 17.7. The van der Waals surface area contributed by atoms with Crippen molar-refractivity contribution in [3.05, 3.63) is 63.2 Å². The third kappa shape index (κ3) is 3.32. The number of carbonyl (C=O) groups is 1. The fourth-order valence-corrected chi connectivity index (χ4v) is 3.02. The molecule has 2 aromatic carbocycles. The van der Waals surface area contributed by atoms with E-state index in [1.807, 2.05) is 0 Å². The smallest absolute Gasteiger partial charge is 0.416 e. The number of benzene rings is 2. The first-order valence-electron chi connectivity index (χ1n) is 7.62. The number of nitro groups is 1. The summed E-state index contributed by atoms with van der Waals surface area (Å²) in [6.07, 6.45) is -5.38. The lowest BCUT2D eigenvalue weighted by atomic mass is 9.92. The van der Waals surface area contributed by atoms with Crippen molar-refractivity contribution in [2.75, 3.05) is 6.54 Å². The summed E-state index contributed by atoms with van der Waals surface area (Å²) in [6, 6.07) is 7.21. The van der Waals surface area contributed by atoms with Gasteiger partial charge in [0.05, 0.1) is 10.5 Å². The van der Waals surface area contributed by atoms with Crippen molar-refractivity contribution < 1.29 is 28.0 Å². The summed E-state index contributed by atoms with van der Waals surface area (Å²) in [4.78, 5) is 23.1. The molecule has 1 amide bonds. The van der Waals surface area contributed by atoms with Gasteiger partial charge in [-0.25, -0.2) is 4.79 Å². The molecule has 136 valence electrons. The summed E-state index contributed by atoms with van der Waals surface area (Å²) in [5, 5.41) is 20.5. The Morgan fingerprint density at radius 1 is 1.15 bits per heavy atom. The number of amides is 1. The number of hydrogen-bond acceptors (Lipinski definition) is 3. The Labute approximate surface area is 145 Å². The Kier molecular flexibility index (Phi) is 4.31. The second-order valence-electron chi connectivity index (χ2n) is 5.92. The average Bonchev–Trinajstić information content (AvgIpc) is 2.59. The van der Waals surface area contributed by atoms with Gasteiger partial charge in [0.2, 0.25) is 0 Å². The van der Waals surface area contributed by atoms with E-state index in [0.29, 0.717) is 22.3 Å². The summed E-state index contributed by atoms with van der Waals surface area (Å²) < 4.78 is 38.1. The standard InChI is InChI=1S/C17H13F3N2O4/c18-17(19,20)13-3-1-10(2-4-13)11-7-12-9-21(16(23)24)6-5-14(12)15(8-11)22(25)26/h1-4,7-8H,5-6,9H2,(H,23,24). The normalized spacial score (nSPS) is 14.0. The van der Waals surface area contributed by atoms with Gasteiger partial charge in [-0.3, -0.25) is 10.1 Å². The third-order valence-electron chi connectivity index (χ3n) is 4.32. The van der Waals surface area contributed by atoms with E-state index in [1.54, 1.807) is 6.07 Å². The van der Waals surface area contributed by atoms with E-state index in [4.69, 9.17) is 5.11 Å². The molecule has 0 atom stereocenters. The number of rotatable bonds is 2. The van der Waals surface area contributed by atoms with Crippen LogP contribution in [0.15, 0.2) is 36.4 Å². The number of halogens is 3. The second kappa shape index (κ2) is 6.32. The molecule has 0 aromatic heterocycles. The SMILES string of the molecule is O=C(O)N1CCc2c(cc(-c3ccc(C(F)(F)F)cc3)cc2[N+](=O)[O-])C1. The molecule has 0 bridgehead atoms. The minimum Gasteiger partial charge on any atom is -0.465 e. The fraction of sp³-hybridized carbons (Fsp3) is 0.235. The van der Waals surface area contributed by atoms with Crippen LogP contribution >= 0.6 is 0 Å². The predicted molar refractivity (Wildman–Crippen MR) is 85.7 cm³/mol. The van der Waals surface area contributed by atoms with Gasteiger partial charge in [0.15, 0.2) is 0 Å². The van der Waals surface area contributed by atoms with Gasteiger partial charge in [-0.15, -0.1) is 0 Å². The largest absolute Gasteiger partial charge is 0.465 e. The Hall–Kier alpha value is -3.10. The molecule has 0 spiro atoms. The number of alkyl halides is 3. The number of carboxylic acid groups (broad SMARTS) is 1. The van der Waals surface area contributed by atoms with Crippen LogP contribution in [-0.2, 0) is 19.1 Å². The molecular weight excluding hydrogens is 353 g/mol. The monoisotopic (exact) mass is 366 g/mol. The molecule has 0 radical (unpaired) electrons. The molecule has 0 aliphatic carbocycles. The third-order valence-corrected chi connectivity index (χ3v) is 4.32. The van der Waals surface area contributed by atoms with Crippen LogP contribution in [0.25, 0.3) is 11.1 Å². The Balaban J connectivity index is 2.06. The van der Waals surface area contributed by atoms with Crippen LogP contribution in [-0.4, -0.2) is 27.6 Å². The number of fused-ring (bicyclic) bond motifs is 1. The second-order valence-corrected chi connectivity index (χ2v) is 5.92. The molecule has 0 fully saturated rings. The quantitative estimate of drug-likeness (QED) is 0.634. The minimum absolute atomic E-state index is 0.0000185. The van der Waals surface area contributed by atoms with Gasteiger partial charge in [-0.05, 0) is 41.3 Å². The fourth-order valence-electron chi connectivity index (χ4n) is 3.02. The van der Waals surface area contributed by atoms with Crippen LogP contribution in [0.5, 0.6) is 0 Å². The topological polar surface area (TPSA) is 83.7 Å². The molecule has 6 nitrogen and oxygen atoms in total. The van der Waals surface area contributed by atoms with Crippen LogP contribution in [0.3, 0.4) is 0 Å². The molecule has 1 aliphatic heterocycles. The summed E-state index contributed by atoms with van der Waals surface area (Å²) in [6.45, 7) is 0.156. The van der Waals surface area contributed by atoms with Crippen molar-refractivity contribution in [2.45, 2.75) is 19.1 Å². The molecule has 3 rings (SSSR count). The number of hydrogen-bond donors (Lipinski definition) is 1. The van der Waals surface area contributed by atoms with Crippen molar-refractivity contribution in [2.24, 2.45) is 0 Å². The zero-order chi connectivity index (χ0) is 19.1. The molecule has 1 heterocycles. The zero-order valence-corrected chi connectivity index (χ0v) is 13.3. The molecule has 0 saturated heterocycles. The maximum Gasteiger partial charge on any atom is 0.416 e. The highest BCUT2D eigenvalue weighted by atomic mass is 19.4. The highest BCUT2D eigenvalue weighted by Crippen LogP contribution is 2.35. The van der Waals surface area contributed by atoms with Crippen molar-refractivity contribution in [3.63, 3.8) is 0 Å². The van der Waals surface area contributed by atoms with Crippen molar-refractivity contribution in [1.29, 1.82) is 0 Å². The Bertz CT molecular complexity index is 879. The van der Waals surface area contributed by atoms with Gasteiger partial charge < -0.3 is 10.0 Å². The van der Waals surface area contributed by atoms with Gasteiger partial charge in [0.25, 0.3) is 5.69 Å². The first-order valence-corrected chi connectivity index (χ1v) is 7.62. The maximum atomic E-state index is 12.7. The van der Waals surface area contributed by atoms with E-state index in [0.717, 1.165) is 17.0 Å². The van der Waals surface area contributed by atoms with E-state index in [-0.39, 0.29) is 25.2 Å². The van der Waals surface area contributed by atoms with Gasteiger partial charge >= 0.3 is 12.3 Å². The Morgan fingerprint density at radius 3 is 2.35 bits per heavy atom. The van der Waals surface area contributed by atoms with Gasteiger partial charge in [0.1, 0.15) is 0 Å². The molecular formula is C17H13F3N2O4. The Morgan fingerprint density at radius 2 is 1.81 bits per heavy atom. The van der Waals surface area contributed by atoms with E-state index in [1.165, 1.54) is 18.2 Å². The van der Waals surface area contributed by atoms with E-state index < -0.39 is 22.8 Å². The van der Waals surface area contributed by atoms with Crippen molar-refractivity contribution >= 4 is 11.8 Å². The van der Waals surface area contributed by atoms with Gasteiger partial charge in [-0.2, -0.15) is 13.2 Å². The van der Waals surface area contributed by atoms with E-state index >= 15 is 0 Å². The summed E-state index contributed by atoms with van der Waals surface area (Å²) in [5.74, 6) is 0. The van der Waals surface area contributed by atoms with Crippen molar-refractivity contribution in [3.8, 4) is 11.1 Å². The van der Waals surface area contributed by atoms with Crippen LogP contribution < -0.4 is 0 Å². The highest BCUT2D eigenvalue weighted by molar-refractivity contribution is 5.71. The summed E-state index contributed by atoms with van der Waals surface area (Å²) in [5.41, 5.74) is 0.742. The maximum absolute atomic E-state index is 12.7. The minimum atomic E-state index is -4.47. The molecule has 9 heteroatoms. The van der Waals surface area contributed by atoms with Crippen LogP contribution in [0.1, 0.15) is 16.7 Å². The zero-order valence-electron chi connectivity index (χ0n) is 13.3. The average molecular weight is 366 g/mol. The lowest BCUT2D eigenvalue weighted by molar-refractivity contribution is -0.385. The van der Waals surface area contributed by atoms with Crippen LogP contribution in [0.2, 0.25) is 0 Å². The number of nitrogens with zero attached hydrogens (tertiary/aromatic N) is 2. The van der Waals surface area contributed by atoms with E-state index in [9.17, 15) is 28.1 Å². The molecule has 0 saturated carbocycles. The van der Waals surface area contributed by atoms with Crippen molar-refractivity contribution in [1.82, 2.24) is 4.90 Å².